The maximum Gasteiger partial charge on any atom is 0.434 e. The van der Waals surface area contributed by atoms with Gasteiger partial charge in [-0.3, -0.25) is 9.36 Å². The average Bonchev–Trinajstić information content (AvgIpc) is 3.30. The number of nitrogens with zero attached hydrogens (tertiary/aromatic N) is 2. The Morgan fingerprint density at radius 2 is 1.87 bits per heavy atom. The Morgan fingerprint density at radius 1 is 1.16 bits per heavy atom. The van der Waals surface area contributed by atoms with E-state index in [0.29, 0.717) is 20.6 Å². The van der Waals surface area contributed by atoms with E-state index < -0.39 is 40.8 Å². The van der Waals surface area contributed by atoms with Crippen LogP contribution in [0.15, 0.2) is 86.2 Å². The fourth-order valence-electron chi connectivity index (χ4n) is 4.68. The number of carbonyl (C=O) groups is 1. The van der Waals surface area contributed by atoms with Gasteiger partial charge in [0.15, 0.2) is 22.0 Å². The van der Waals surface area contributed by atoms with Gasteiger partial charge in [0.1, 0.15) is 12.4 Å². The summed E-state index contributed by atoms with van der Waals surface area (Å²) in [5, 5.41) is 0.310. The molecule has 0 fully saturated rings. The van der Waals surface area contributed by atoms with Crippen LogP contribution in [0, 0.1) is 5.82 Å². The number of aromatic nitrogens is 1. The molecule has 1 aliphatic heterocycles. The van der Waals surface area contributed by atoms with E-state index in [1.165, 1.54) is 50.4 Å². The number of hydrogen-bond donors (Lipinski definition) is 0. The smallest absolute Gasteiger partial charge is 0.434 e. The number of rotatable bonds is 8. The van der Waals surface area contributed by atoms with Crippen LogP contribution < -0.4 is 24.4 Å². The standard InChI is InChI=1S/C31H22BrClF4N2O5S/c1-3-43-29(41)24-25(17-8-10-19(33)11-9-17)39-28(40)23(45-30(39)38-27(24)31(35,36)37)14-16-12-20(32)26(22(13-16)42-2)44-15-18-6-4-5-7-21(18)34/h4-14,25H,3,15H2,1-2H3/b23-14-/t25-/m1/s1. The number of fused-ring (bicyclic) bond motifs is 1. The molecule has 0 amide bonds. The van der Waals surface area contributed by atoms with Crippen LogP contribution in [0.1, 0.15) is 29.7 Å². The first kappa shape index (κ1) is 32.5. The van der Waals surface area contributed by atoms with Crippen molar-refractivity contribution in [1.29, 1.82) is 0 Å². The van der Waals surface area contributed by atoms with E-state index in [9.17, 15) is 27.2 Å². The van der Waals surface area contributed by atoms with Gasteiger partial charge in [-0.2, -0.15) is 13.2 Å². The van der Waals surface area contributed by atoms with Crippen LogP contribution in [-0.4, -0.2) is 30.4 Å². The number of halogens is 6. The zero-order valence-electron chi connectivity index (χ0n) is 23.5. The van der Waals surface area contributed by atoms with Crippen LogP contribution in [0.5, 0.6) is 11.5 Å². The monoisotopic (exact) mass is 724 g/mol. The Balaban J connectivity index is 1.64. The molecule has 0 aliphatic carbocycles. The number of carbonyl (C=O) groups excluding carboxylic acids is 1. The van der Waals surface area contributed by atoms with E-state index in [1.807, 2.05) is 0 Å². The third-order valence-corrected chi connectivity index (χ3v) is 8.48. The Hall–Kier alpha value is -3.94. The Labute approximate surface area is 270 Å². The lowest BCUT2D eigenvalue weighted by Crippen LogP contribution is -2.41. The van der Waals surface area contributed by atoms with Crippen molar-refractivity contribution < 1.29 is 36.6 Å². The van der Waals surface area contributed by atoms with Gasteiger partial charge in [-0.1, -0.05) is 53.3 Å². The zero-order valence-corrected chi connectivity index (χ0v) is 26.6. The quantitative estimate of drug-likeness (QED) is 0.154. The van der Waals surface area contributed by atoms with Gasteiger partial charge in [0.25, 0.3) is 5.56 Å². The predicted molar refractivity (Wildman–Crippen MR) is 164 cm³/mol. The van der Waals surface area contributed by atoms with E-state index >= 15 is 0 Å². The highest BCUT2D eigenvalue weighted by Crippen LogP contribution is 2.39. The minimum absolute atomic E-state index is 0.0355. The molecule has 1 aromatic heterocycles. The van der Waals surface area contributed by atoms with Crippen molar-refractivity contribution in [2.24, 2.45) is 4.99 Å². The molecular formula is C31H22BrClF4N2O5S. The number of hydrogen-bond acceptors (Lipinski definition) is 7. The molecule has 0 radical (unpaired) electrons. The second kappa shape index (κ2) is 13.2. The summed E-state index contributed by atoms with van der Waals surface area (Å²) in [6, 6.07) is 13.6. The van der Waals surface area contributed by atoms with E-state index in [4.69, 9.17) is 25.8 Å². The first-order valence-electron chi connectivity index (χ1n) is 13.2. The summed E-state index contributed by atoms with van der Waals surface area (Å²) in [5.41, 5.74) is -1.98. The molecular weight excluding hydrogens is 704 g/mol. The maximum atomic E-state index is 14.3. The summed E-state index contributed by atoms with van der Waals surface area (Å²) in [4.78, 5) is 30.3. The highest BCUT2D eigenvalue weighted by atomic mass is 79.9. The van der Waals surface area contributed by atoms with Crippen molar-refractivity contribution in [3.05, 3.63) is 124 Å². The minimum atomic E-state index is -5.03. The van der Waals surface area contributed by atoms with Crippen LogP contribution in [-0.2, 0) is 16.1 Å². The van der Waals surface area contributed by atoms with Gasteiger partial charge in [-0.25, -0.2) is 14.2 Å². The molecule has 7 nitrogen and oxygen atoms in total. The molecule has 0 spiro atoms. The second-order valence-corrected chi connectivity index (χ2v) is 11.8. The minimum Gasteiger partial charge on any atom is -0.493 e. The molecule has 3 aromatic carbocycles. The van der Waals surface area contributed by atoms with Crippen molar-refractivity contribution in [1.82, 2.24) is 4.57 Å². The molecule has 45 heavy (non-hydrogen) atoms. The Kier molecular flexibility index (Phi) is 9.52. The highest BCUT2D eigenvalue weighted by molar-refractivity contribution is 9.10. The number of methoxy groups -OCH3 is 1. The molecule has 234 valence electrons. The van der Waals surface area contributed by atoms with Gasteiger partial charge in [-0.05, 0) is 70.4 Å². The summed E-state index contributed by atoms with van der Waals surface area (Å²) in [6.45, 7) is 1.18. The van der Waals surface area contributed by atoms with Crippen molar-refractivity contribution in [2.45, 2.75) is 25.7 Å². The van der Waals surface area contributed by atoms with Crippen molar-refractivity contribution in [2.75, 3.05) is 13.7 Å². The largest absolute Gasteiger partial charge is 0.493 e. The van der Waals surface area contributed by atoms with E-state index in [1.54, 1.807) is 30.3 Å². The molecule has 0 saturated heterocycles. The van der Waals surface area contributed by atoms with Crippen LogP contribution in [0.3, 0.4) is 0 Å². The maximum absolute atomic E-state index is 14.3. The Morgan fingerprint density at radius 3 is 2.51 bits per heavy atom. The molecule has 0 bridgehead atoms. The normalized spacial score (nSPS) is 15.0. The van der Waals surface area contributed by atoms with Crippen molar-refractivity contribution >= 4 is 50.9 Å². The lowest BCUT2D eigenvalue weighted by molar-refractivity contribution is -0.140. The van der Waals surface area contributed by atoms with Crippen LogP contribution in [0.4, 0.5) is 17.6 Å². The number of benzene rings is 3. The predicted octanol–water partition coefficient (Wildman–Crippen LogP) is 6.48. The molecule has 0 unspecified atom stereocenters. The van der Waals surface area contributed by atoms with E-state index in [-0.39, 0.29) is 39.6 Å². The summed E-state index contributed by atoms with van der Waals surface area (Å²) < 4.78 is 74.9. The zero-order chi connectivity index (χ0) is 32.5. The number of allylic oxidation sites excluding steroid dienone is 1. The average molecular weight is 726 g/mol. The first-order chi connectivity index (χ1) is 21.4. The lowest BCUT2D eigenvalue weighted by Gasteiger charge is -2.26. The van der Waals surface area contributed by atoms with Crippen LogP contribution >= 0.6 is 38.9 Å². The van der Waals surface area contributed by atoms with Gasteiger partial charge >= 0.3 is 12.1 Å². The molecule has 1 atom stereocenters. The third-order valence-electron chi connectivity index (χ3n) is 6.66. The molecule has 2 heterocycles. The van der Waals surface area contributed by atoms with Crippen molar-refractivity contribution in [3.8, 4) is 11.5 Å². The van der Waals surface area contributed by atoms with Gasteiger partial charge in [0.05, 0.1) is 34.3 Å². The molecule has 1 aliphatic rings. The first-order valence-corrected chi connectivity index (χ1v) is 15.2. The van der Waals surface area contributed by atoms with Crippen LogP contribution in [0.25, 0.3) is 6.08 Å². The highest BCUT2D eigenvalue weighted by Gasteiger charge is 2.45. The molecule has 14 heteroatoms. The summed E-state index contributed by atoms with van der Waals surface area (Å²) in [7, 11) is 1.40. The SMILES string of the molecule is CCOC(=O)C1=C(C(F)(F)F)N=c2s/c(=C\c3cc(Br)c(OCc4ccccc4F)c(OC)c3)c(=O)n2[C@@H]1c1ccc(Cl)cc1. The van der Waals surface area contributed by atoms with Gasteiger partial charge in [0.2, 0.25) is 0 Å². The van der Waals surface area contributed by atoms with Crippen molar-refractivity contribution in [3.63, 3.8) is 0 Å². The topological polar surface area (TPSA) is 79.1 Å². The molecule has 0 N–H and O–H groups in total. The summed E-state index contributed by atoms with van der Waals surface area (Å²) in [6.07, 6.45) is -3.57. The fourth-order valence-corrected chi connectivity index (χ4v) is 6.38. The molecule has 4 aromatic rings. The number of alkyl halides is 3. The number of esters is 1. The van der Waals surface area contributed by atoms with Gasteiger partial charge in [0, 0.05) is 10.6 Å². The van der Waals surface area contributed by atoms with E-state index in [2.05, 4.69) is 20.9 Å². The van der Waals surface area contributed by atoms with Gasteiger partial charge < -0.3 is 14.2 Å². The Bertz CT molecular complexity index is 1990. The number of thiazole rings is 1. The third kappa shape index (κ3) is 6.70. The fraction of sp³-hybridized carbons (Fsp3) is 0.194. The lowest BCUT2D eigenvalue weighted by atomic mass is 9.95. The molecule has 5 rings (SSSR count). The van der Waals surface area contributed by atoms with Crippen LogP contribution in [0.2, 0.25) is 5.02 Å². The second-order valence-electron chi connectivity index (χ2n) is 9.53. The van der Waals surface area contributed by atoms with Gasteiger partial charge in [-0.15, -0.1) is 0 Å². The summed E-state index contributed by atoms with van der Waals surface area (Å²) in [5.74, 6) is -1.16. The molecule has 0 saturated carbocycles. The van der Waals surface area contributed by atoms with E-state index in [0.717, 1.165) is 15.9 Å². The summed E-state index contributed by atoms with van der Waals surface area (Å²) >= 11 is 10.2. The number of ether oxygens (including phenoxy) is 3.